The van der Waals surface area contributed by atoms with Crippen LogP contribution in [0.15, 0.2) is 53.7 Å². The summed E-state index contributed by atoms with van der Waals surface area (Å²) in [5, 5.41) is 16.2. The largest absolute Gasteiger partial charge is 0.396 e. The first-order valence-electron chi connectivity index (χ1n) is 8.33. The van der Waals surface area contributed by atoms with Crippen LogP contribution in [0.4, 0.5) is 0 Å². The van der Waals surface area contributed by atoms with Gasteiger partial charge in [-0.3, -0.25) is 4.98 Å². The summed E-state index contributed by atoms with van der Waals surface area (Å²) in [6.45, 7) is 6.09. The molecule has 0 saturated carbocycles. The molecule has 0 aliphatic rings. The van der Waals surface area contributed by atoms with Crippen molar-refractivity contribution in [2.75, 3.05) is 19.7 Å². The zero-order valence-electron chi connectivity index (χ0n) is 14.4. The van der Waals surface area contributed by atoms with Crippen LogP contribution < -0.4 is 10.6 Å². The van der Waals surface area contributed by atoms with Crippen molar-refractivity contribution >= 4 is 5.96 Å². The number of aliphatic hydroxyl groups excluding tert-OH is 1. The van der Waals surface area contributed by atoms with Gasteiger partial charge in [-0.25, -0.2) is 4.99 Å². The Morgan fingerprint density at radius 2 is 1.96 bits per heavy atom. The number of benzene rings is 1. The number of aromatic nitrogens is 1. The number of hydrogen-bond acceptors (Lipinski definition) is 3. The van der Waals surface area contributed by atoms with E-state index < -0.39 is 0 Å². The molecule has 1 aromatic heterocycles. The van der Waals surface area contributed by atoms with E-state index in [4.69, 9.17) is 0 Å². The highest BCUT2D eigenvalue weighted by Gasteiger charge is 2.10. The zero-order chi connectivity index (χ0) is 17.2. The van der Waals surface area contributed by atoms with Gasteiger partial charge in [0, 0.05) is 25.2 Å². The van der Waals surface area contributed by atoms with Gasteiger partial charge in [-0.15, -0.1) is 0 Å². The van der Waals surface area contributed by atoms with Gasteiger partial charge in [0.2, 0.25) is 0 Å². The number of nitrogens with zero attached hydrogens (tertiary/aromatic N) is 2. The van der Waals surface area contributed by atoms with Crippen LogP contribution >= 0.6 is 0 Å². The van der Waals surface area contributed by atoms with Crippen molar-refractivity contribution in [2.24, 2.45) is 4.99 Å². The minimum Gasteiger partial charge on any atom is -0.396 e. The first-order valence-corrected chi connectivity index (χ1v) is 8.33. The molecular weight excluding hydrogens is 300 g/mol. The normalized spacial score (nSPS) is 12.7. The average molecular weight is 326 g/mol. The fourth-order valence-electron chi connectivity index (χ4n) is 2.41. The smallest absolute Gasteiger partial charge is 0.191 e. The fourth-order valence-corrected chi connectivity index (χ4v) is 2.41. The van der Waals surface area contributed by atoms with Gasteiger partial charge in [0.15, 0.2) is 5.96 Å². The summed E-state index contributed by atoms with van der Waals surface area (Å²) in [6.07, 6.45) is 1.79. The molecule has 2 rings (SSSR count). The summed E-state index contributed by atoms with van der Waals surface area (Å²) in [7, 11) is 0. The maximum absolute atomic E-state index is 9.66. The van der Waals surface area contributed by atoms with Crippen LogP contribution in [0.3, 0.4) is 0 Å². The van der Waals surface area contributed by atoms with Crippen molar-refractivity contribution in [3.8, 4) is 0 Å². The van der Waals surface area contributed by atoms with Crippen LogP contribution in [0.25, 0.3) is 0 Å². The summed E-state index contributed by atoms with van der Waals surface area (Å²) in [4.78, 5) is 8.96. The molecule has 128 valence electrons. The molecule has 0 bridgehead atoms. The third-order valence-electron chi connectivity index (χ3n) is 3.86. The molecule has 0 fully saturated rings. The highest BCUT2D eigenvalue weighted by Crippen LogP contribution is 2.13. The van der Waals surface area contributed by atoms with E-state index in [9.17, 15) is 5.11 Å². The summed E-state index contributed by atoms with van der Waals surface area (Å²) < 4.78 is 0. The molecule has 24 heavy (non-hydrogen) atoms. The van der Waals surface area contributed by atoms with Crippen LogP contribution in [0.2, 0.25) is 0 Å². The lowest BCUT2D eigenvalue weighted by Gasteiger charge is -2.18. The van der Waals surface area contributed by atoms with E-state index in [0.29, 0.717) is 13.1 Å². The molecule has 0 aliphatic carbocycles. The molecule has 3 N–H and O–H groups in total. The number of nitrogens with one attached hydrogen (secondary N) is 2. The van der Waals surface area contributed by atoms with E-state index in [1.165, 1.54) is 0 Å². The molecule has 5 heteroatoms. The second-order valence-electron chi connectivity index (χ2n) is 5.63. The Kier molecular flexibility index (Phi) is 7.23. The van der Waals surface area contributed by atoms with Crippen LogP contribution in [0.1, 0.15) is 29.7 Å². The Balaban J connectivity index is 2.00. The molecule has 0 amide bonds. The molecule has 1 heterocycles. The Morgan fingerprint density at radius 3 is 2.62 bits per heavy atom. The number of pyridine rings is 1. The monoisotopic (exact) mass is 326 g/mol. The first kappa shape index (κ1) is 17.9. The van der Waals surface area contributed by atoms with E-state index >= 15 is 0 Å². The van der Waals surface area contributed by atoms with E-state index in [1.807, 2.05) is 56.3 Å². The standard InChI is InChI=1S/C19H26N4O/c1-3-20-19(23-13-18-15(2)8-7-11-21-18)22-12-17(14-24)16-9-5-4-6-10-16/h4-11,17,24H,3,12-14H2,1-2H3,(H2,20,22,23). The maximum atomic E-state index is 9.66. The lowest BCUT2D eigenvalue weighted by Crippen LogP contribution is -2.40. The van der Waals surface area contributed by atoms with Gasteiger partial charge < -0.3 is 15.7 Å². The Bertz CT molecular complexity index is 643. The number of hydrogen-bond donors (Lipinski definition) is 3. The van der Waals surface area contributed by atoms with E-state index in [0.717, 1.165) is 29.3 Å². The van der Waals surface area contributed by atoms with Crippen molar-refractivity contribution in [3.05, 3.63) is 65.5 Å². The molecule has 1 aromatic carbocycles. The summed E-state index contributed by atoms with van der Waals surface area (Å²) in [5.74, 6) is 0.767. The molecular formula is C19H26N4O. The summed E-state index contributed by atoms with van der Waals surface area (Å²) >= 11 is 0. The predicted octanol–water partition coefficient (Wildman–Crippen LogP) is 2.22. The number of aliphatic imine (C=N–C) groups is 1. The lowest BCUT2D eigenvalue weighted by molar-refractivity contribution is 0.265. The quantitative estimate of drug-likeness (QED) is 0.539. The van der Waals surface area contributed by atoms with Crippen molar-refractivity contribution in [2.45, 2.75) is 26.3 Å². The Labute approximate surface area is 143 Å². The highest BCUT2D eigenvalue weighted by molar-refractivity contribution is 5.79. The number of guanidine groups is 1. The third-order valence-corrected chi connectivity index (χ3v) is 3.86. The van der Waals surface area contributed by atoms with Crippen LogP contribution in [0.5, 0.6) is 0 Å². The number of aryl methyl sites for hydroxylation is 1. The van der Waals surface area contributed by atoms with Crippen LogP contribution in [-0.2, 0) is 6.54 Å². The van der Waals surface area contributed by atoms with E-state index in [1.54, 1.807) is 6.20 Å². The number of rotatable bonds is 7. The molecule has 2 aromatic rings. The zero-order valence-corrected chi connectivity index (χ0v) is 14.4. The Hall–Kier alpha value is -2.40. The van der Waals surface area contributed by atoms with Gasteiger partial charge in [-0.2, -0.15) is 0 Å². The molecule has 1 atom stereocenters. The van der Waals surface area contributed by atoms with Crippen molar-refractivity contribution in [1.29, 1.82) is 0 Å². The van der Waals surface area contributed by atoms with Crippen LogP contribution in [0, 0.1) is 6.92 Å². The van der Waals surface area contributed by atoms with Gasteiger partial charge in [0.1, 0.15) is 0 Å². The van der Waals surface area contributed by atoms with E-state index in [-0.39, 0.29) is 12.5 Å². The second-order valence-corrected chi connectivity index (χ2v) is 5.63. The molecule has 5 nitrogen and oxygen atoms in total. The van der Waals surface area contributed by atoms with Crippen LogP contribution in [-0.4, -0.2) is 35.7 Å². The van der Waals surface area contributed by atoms with Crippen molar-refractivity contribution in [1.82, 2.24) is 15.6 Å². The summed E-state index contributed by atoms with van der Waals surface area (Å²) in [5.41, 5.74) is 3.22. The van der Waals surface area contributed by atoms with Gasteiger partial charge in [-0.1, -0.05) is 36.4 Å². The van der Waals surface area contributed by atoms with Gasteiger partial charge in [-0.05, 0) is 31.0 Å². The summed E-state index contributed by atoms with van der Waals surface area (Å²) in [6, 6.07) is 14.0. The van der Waals surface area contributed by atoms with Gasteiger partial charge in [0.25, 0.3) is 0 Å². The molecule has 0 spiro atoms. The van der Waals surface area contributed by atoms with Gasteiger partial charge in [0.05, 0.1) is 18.8 Å². The van der Waals surface area contributed by atoms with Crippen molar-refractivity contribution in [3.63, 3.8) is 0 Å². The first-order chi connectivity index (χ1) is 11.7. The molecule has 0 radical (unpaired) electrons. The number of aliphatic hydroxyl groups is 1. The molecule has 0 aliphatic heterocycles. The predicted molar refractivity (Wildman–Crippen MR) is 98.1 cm³/mol. The van der Waals surface area contributed by atoms with Crippen molar-refractivity contribution < 1.29 is 5.11 Å². The topological polar surface area (TPSA) is 69.5 Å². The van der Waals surface area contributed by atoms with E-state index in [2.05, 4.69) is 20.6 Å². The molecule has 0 saturated heterocycles. The fraction of sp³-hybridized carbons (Fsp3) is 0.368. The minimum absolute atomic E-state index is 0.0339. The highest BCUT2D eigenvalue weighted by atomic mass is 16.3. The Morgan fingerprint density at radius 1 is 1.17 bits per heavy atom. The average Bonchev–Trinajstić information content (AvgIpc) is 2.62. The van der Waals surface area contributed by atoms with Gasteiger partial charge >= 0.3 is 0 Å². The minimum atomic E-state index is 0.0339. The maximum Gasteiger partial charge on any atom is 0.191 e. The SMILES string of the molecule is CCNC(=NCc1ncccc1C)NCC(CO)c1ccccc1. The lowest BCUT2D eigenvalue weighted by atomic mass is 10.0. The molecule has 1 unspecified atom stereocenters. The second kappa shape index (κ2) is 9.67. The third kappa shape index (κ3) is 5.35.